The molecule has 5 heteroatoms. The van der Waals surface area contributed by atoms with E-state index in [9.17, 15) is 0 Å². The highest BCUT2D eigenvalue weighted by molar-refractivity contribution is 6.30. The SMILES string of the molecule is Cl.Nc1ccc(Cl)cc1[C@@H](N)C1CCOCC1. The standard InChI is InChI=1S/C12H17ClN2O.ClH/c13-9-1-2-11(14)10(7-9)12(15)8-3-5-16-6-4-8;/h1-2,7-8,12H,3-6,14-15H2;1H/t12-;/m0./s1. The van der Waals surface area contributed by atoms with Gasteiger partial charge in [-0.15, -0.1) is 12.4 Å². The molecule has 96 valence electrons. The molecule has 1 heterocycles. The first-order chi connectivity index (χ1) is 7.68. The van der Waals surface area contributed by atoms with E-state index < -0.39 is 0 Å². The average Bonchev–Trinajstić information content (AvgIpc) is 2.32. The Hall–Kier alpha value is -0.480. The molecule has 0 amide bonds. The summed E-state index contributed by atoms with van der Waals surface area (Å²) in [6.07, 6.45) is 1.99. The average molecular weight is 277 g/mol. The Morgan fingerprint density at radius 3 is 2.59 bits per heavy atom. The second kappa shape index (κ2) is 6.45. The molecule has 3 nitrogen and oxygen atoms in total. The lowest BCUT2D eigenvalue weighted by molar-refractivity contribution is 0.0584. The molecule has 1 saturated heterocycles. The first-order valence-corrected chi connectivity index (χ1v) is 5.94. The van der Waals surface area contributed by atoms with Crippen LogP contribution in [0.3, 0.4) is 0 Å². The topological polar surface area (TPSA) is 61.3 Å². The van der Waals surface area contributed by atoms with Gasteiger partial charge in [-0.05, 0) is 42.5 Å². The van der Waals surface area contributed by atoms with Crippen LogP contribution in [0.4, 0.5) is 5.69 Å². The molecule has 0 bridgehead atoms. The summed E-state index contributed by atoms with van der Waals surface area (Å²) in [6, 6.07) is 5.44. The van der Waals surface area contributed by atoms with Crippen molar-refractivity contribution in [3.63, 3.8) is 0 Å². The van der Waals surface area contributed by atoms with Crippen LogP contribution in [0, 0.1) is 5.92 Å². The van der Waals surface area contributed by atoms with E-state index in [1.54, 1.807) is 6.07 Å². The van der Waals surface area contributed by atoms with Crippen molar-refractivity contribution in [1.82, 2.24) is 0 Å². The highest BCUT2D eigenvalue weighted by Gasteiger charge is 2.23. The third-order valence-corrected chi connectivity index (χ3v) is 3.42. The Morgan fingerprint density at radius 2 is 1.94 bits per heavy atom. The highest BCUT2D eigenvalue weighted by Crippen LogP contribution is 2.32. The number of hydrogen-bond donors (Lipinski definition) is 2. The fourth-order valence-corrected chi connectivity index (χ4v) is 2.34. The molecular weight excluding hydrogens is 259 g/mol. The van der Waals surface area contributed by atoms with Crippen molar-refractivity contribution in [2.45, 2.75) is 18.9 Å². The minimum Gasteiger partial charge on any atom is -0.398 e. The van der Waals surface area contributed by atoms with Gasteiger partial charge in [0.05, 0.1) is 0 Å². The molecule has 1 aromatic rings. The molecule has 1 aromatic carbocycles. The van der Waals surface area contributed by atoms with Gasteiger partial charge in [-0.2, -0.15) is 0 Å². The lowest BCUT2D eigenvalue weighted by Gasteiger charge is -2.28. The third-order valence-electron chi connectivity index (χ3n) is 3.18. The summed E-state index contributed by atoms with van der Waals surface area (Å²) in [5, 5.41) is 0.687. The van der Waals surface area contributed by atoms with Gasteiger partial charge in [-0.25, -0.2) is 0 Å². The quantitative estimate of drug-likeness (QED) is 0.817. The Labute approximate surface area is 113 Å². The number of nitrogen functional groups attached to an aromatic ring is 1. The summed E-state index contributed by atoms with van der Waals surface area (Å²) in [4.78, 5) is 0. The van der Waals surface area contributed by atoms with Crippen molar-refractivity contribution in [3.05, 3.63) is 28.8 Å². The van der Waals surface area contributed by atoms with Crippen molar-refractivity contribution < 1.29 is 4.74 Å². The summed E-state index contributed by atoms with van der Waals surface area (Å²) in [6.45, 7) is 1.58. The molecule has 1 aliphatic rings. The van der Waals surface area contributed by atoms with Crippen molar-refractivity contribution in [2.24, 2.45) is 11.7 Å². The van der Waals surface area contributed by atoms with E-state index in [0.717, 1.165) is 37.3 Å². The van der Waals surface area contributed by atoms with E-state index in [1.807, 2.05) is 12.1 Å². The van der Waals surface area contributed by atoms with Crippen LogP contribution >= 0.6 is 24.0 Å². The predicted octanol–water partition coefficient (Wildman–Crippen LogP) is 2.77. The van der Waals surface area contributed by atoms with Gasteiger partial charge in [-0.1, -0.05) is 11.6 Å². The van der Waals surface area contributed by atoms with E-state index >= 15 is 0 Å². The minimum absolute atomic E-state index is 0. The Bertz CT molecular complexity index is 368. The number of anilines is 1. The lowest BCUT2D eigenvalue weighted by Crippen LogP contribution is -2.28. The van der Waals surface area contributed by atoms with E-state index in [4.69, 9.17) is 27.8 Å². The predicted molar refractivity (Wildman–Crippen MR) is 73.6 cm³/mol. The van der Waals surface area contributed by atoms with Crippen LogP contribution in [0.1, 0.15) is 24.4 Å². The number of rotatable bonds is 2. The summed E-state index contributed by atoms with van der Waals surface area (Å²) in [7, 11) is 0. The van der Waals surface area contributed by atoms with Gasteiger partial charge in [0.15, 0.2) is 0 Å². The molecule has 0 aliphatic carbocycles. The zero-order chi connectivity index (χ0) is 11.5. The molecule has 0 saturated carbocycles. The van der Waals surface area contributed by atoms with Crippen LogP contribution in [0.5, 0.6) is 0 Å². The van der Waals surface area contributed by atoms with E-state index in [-0.39, 0.29) is 18.4 Å². The molecule has 2 rings (SSSR count). The first-order valence-electron chi connectivity index (χ1n) is 5.56. The fourth-order valence-electron chi connectivity index (χ4n) is 2.16. The van der Waals surface area contributed by atoms with E-state index in [2.05, 4.69) is 0 Å². The minimum atomic E-state index is -0.0393. The zero-order valence-corrected chi connectivity index (χ0v) is 11.1. The molecule has 1 atom stereocenters. The monoisotopic (exact) mass is 276 g/mol. The second-order valence-electron chi connectivity index (χ2n) is 4.25. The zero-order valence-electron chi connectivity index (χ0n) is 9.56. The summed E-state index contributed by atoms with van der Waals surface area (Å²) >= 11 is 5.96. The maximum absolute atomic E-state index is 6.25. The van der Waals surface area contributed by atoms with Crippen molar-refractivity contribution in [1.29, 1.82) is 0 Å². The Balaban J connectivity index is 0.00000144. The summed E-state index contributed by atoms with van der Waals surface area (Å²) in [5.41, 5.74) is 13.9. The van der Waals surface area contributed by atoms with Crippen LogP contribution in [-0.4, -0.2) is 13.2 Å². The van der Waals surface area contributed by atoms with Crippen LogP contribution in [0.25, 0.3) is 0 Å². The molecule has 0 unspecified atom stereocenters. The number of halogens is 2. The van der Waals surface area contributed by atoms with Gasteiger partial charge < -0.3 is 16.2 Å². The van der Waals surface area contributed by atoms with Gasteiger partial charge in [0.1, 0.15) is 0 Å². The molecular formula is C12H18Cl2N2O. The van der Waals surface area contributed by atoms with Gasteiger partial charge in [0.25, 0.3) is 0 Å². The maximum Gasteiger partial charge on any atom is 0.0469 e. The molecule has 0 spiro atoms. The Kier molecular flexibility index (Phi) is 5.53. The molecule has 0 radical (unpaired) electrons. The highest BCUT2D eigenvalue weighted by atomic mass is 35.5. The number of ether oxygens (including phenoxy) is 1. The lowest BCUT2D eigenvalue weighted by atomic mass is 9.87. The van der Waals surface area contributed by atoms with Gasteiger partial charge in [0, 0.05) is 30.0 Å². The fraction of sp³-hybridized carbons (Fsp3) is 0.500. The van der Waals surface area contributed by atoms with Crippen molar-refractivity contribution in [2.75, 3.05) is 18.9 Å². The van der Waals surface area contributed by atoms with Crippen molar-refractivity contribution in [3.8, 4) is 0 Å². The van der Waals surface area contributed by atoms with Gasteiger partial charge in [0.2, 0.25) is 0 Å². The Morgan fingerprint density at radius 1 is 1.29 bits per heavy atom. The molecule has 1 fully saturated rings. The molecule has 0 aromatic heterocycles. The maximum atomic E-state index is 6.25. The second-order valence-corrected chi connectivity index (χ2v) is 4.69. The third kappa shape index (κ3) is 3.49. The number of nitrogens with two attached hydrogens (primary N) is 2. The smallest absolute Gasteiger partial charge is 0.0469 e. The van der Waals surface area contributed by atoms with Gasteiger partial charge >= 0.3 is 0 Å². The van der Waals surface area contributed by atoms with Crippen LogP contribution in [0.15, 0.2) is 18.2 Å². The number of benzene rings is 1. The summed E-state index contributed by atoms with van der Waals surface area (Å²) < 4.78 is 5.33. The van der Waals surface area contributed by atoms with Crippen molar-refractivity contribution >= 4 is 29.7 Å². The summed E-state index contributed by atoms with van der Waals surface area (Å²) in [5.74, 6) is 0.439. The normalized spacial score (nSPS) is 18.5. The van der Waals surface area contributed by atoms with Crippen LogP contribution in [-0.2, 0) is 4.74 Å². The molecule has 1 aliphatic heterocycles. The molecule has 4 N–H and O–H groups in total. The first kappa shape index (κ1) is 14.6. The van der Waals surface area contributed by atoms with Crippen LogP contribution in [0.2, 0.25) is 5.02 Å². The van der Waals surface area contributed by atoms with E-state index in [1.165, 1.54) is 0 Å². The van der Waals surface area contributed by atoms with Gasteiger partial charge in [-0.3, -0.25) is 0 Å². The van der Waals surface area contributed by atoms with E-state index in [0.29, 0.717) is 10.9 Å². The van der Waals surface area contributed by atoms with Crippen LogP contribution < -0.4 is 11.5 Å². The number of hydrogen-bond acceptors (Lipinski definition) is 3. The molecule has 17 heavy (non-hydrogen) atoms. The largest absolute Gasteiger partial charge is 0.398 e.